The first-order valence-electron chi connectivity index (χ1n) is 4.37. The number of alkyl halides is 2. The normalized spacial score (nSPS) is 24.8. The Bertz CT molecular complexity index is 133. The predicted octanol–water partition coefficient (Wildman–Crippen LogP) is 0.841. The summed E-state index contributed by atoms with van der Waals surface area (Å²) in [6.07, 6.45) is 0.903. The molecule has 0 amide bonds. The van der Waals surface area contributed by atoms with Gasteiger partial charge in [-0.25, -0.2) is 8.78 Å². The van der Waals surface area contributed by atoms with Crippen LogP contribution in [0.2, 0.25) is 0 Å². The Balaban J connectivity index is 2.27. The largest absolute Gasteiger partial charge is 0.316 e. The Kier molecular flexibility index (Phi) is 3.40. The number of hydrogen-bond donors (Lipinski definition) is 2. The van der Waals surface area contributed by atoms with E-state index in [1.165, 1.54) is 0 Å². The molecule has 1 aliphatic heterocycles. The second kappa shape index (κ2) is 4.14. The van der Waals surface area contributed by atoms with Crippen molar-refractivity contribution in [3.8, 4) is 0 Å². The van der Waals surface area contributed by atoms with Gasteiger partial charge in [0.15, 0.2) is 0 Å². The zero-order chi connectivity index (χ0) is 9.03. The Morgan fingerprint density at radius 1 is 1.58 bits per heavy atom. The van der Waals surface area contributed by atoms with Gasteiger partial charge < -0.3 is 10.6 Å². The molecule has 12 heavy (non-hydrogen) atoms. The van der Waals surface area contributed by atoms with E-state index in [-0.39, 0.29) is 18.9 Å². The molecule has 0 saturated carbocycles. The lowest BCUT2D eigenvalue weighted by Crippen LogP contribution is -2.33. The van der Waals surface area contributed by atoms with Gasteiger partial charge in [0.2, 0.25) is 0 Å². The fraction of sp³-hybridized carbons (Fsp3) is 1.00. The van der Waals surface area contributed by atoms with E-state index in [1.54, 1.807) is 7.05 Å². The molecule has 1 atom stereocenters. The lowest BCUT2D eigenvalue weighted by atomic mass is 10.0. The summed E-state index contributed by atoms with van der Waals surface area (Å²) >= 11 is 0. The maximum Gasteiger partial charge on any atom is 0.260 e. The molecule has 0 aromatic heterocycles. The molecular weight excluding hydrogens is 162 g/mol. The van der Waals surface area contributed by atoms with E-state index in [1.807, 2.05) is 0 Å². The third kappa shape index (κ3) is 3.03. The van der Waals surface area contributed by atoms with Gasteiger partial charge in [-0.1, -0.05) is 0 Å². The van der Waals surface area contributed by atoms with Crippen LogP contribution in [0.4, 0.5) is 8.78 Å². The maximum absolute atomic E-state index is 13.0. The maximum atomic E-state index is 13.0. The van der Waals surface area contributed by atoms with Crippen molar-refractivity contribution in [2.24, 2.45) is 5.92 Å². The predicted molar refractivity (Wildman–Crippen MR) is 44.5 cm³/mol. The highest BCUT2D eigenvalue weighted by Gasteiger charge is 2.32. The van der Waals surface area contributed by atoms with Crippen LogP contribution in [-0.2, 0) is 0 Å². The van der Waals surface area contributed by atoms with Crippen molar-refractivity contribution < 1.29 is 8.78 Å². The minimum Gasteiger partial charge on any atom is -0.316 e. The molecule has 0 bridgehead atoms. The van der Waals surface area contributed by atoms with Crippen LogP contribution in [0.15, 0.2) is 0 Å². The Morgan fingerprint density at radius 3 is 2.83 bits per heavy atom. The number of rotatable bonds is 4. The molecule has 0 spiro atoms. The highest BCUT2D eigenvalue weighted by Crippen LogP contribution is 2.25. The van der Waals surface area contributed by atoms with Crippen LogP contribution in [0.3, 0.4) is 0 Å². The molecule has 1 fully saturated rings. The monoisotopic (exact) mass is 178 g/mol. The van der Waals surface area contributed by atoms with Gasteiger partial charge in [0.05, 0.1) is 6.54 Å². The first kappa shape index (κ1) is 9.86. The van der Waals surface area contributed by atoms with E-state index in [0.29, 0.717) is 0 Å². The minimum absolute atomic E-state index is 0.0147. The average molecular weight is 178 g/mol. The van der Waals surface area contributed by atoms with Crippen LogP contribution < -0.4 is 10.6 Å². The Labute approximate surface area is 71.7 Å². The summed E-state index contributed by atoms with van der Waals surface area (Å²) in [4.78, 5) is 0. The van der Waals surface area contributed by atoms with Crippen molar-refractivity contribution in [2.75, 3.05) is 26.7 Å². The summed E-state index contributed by atoms with van der Waals surface area (Å²) in [7, 11) is 1.56. The van der Waals surface area contributed by atoms with Crippen molar-refractivity contribution >= 4 is 0 Å². The summed E-state index contributed by atoms with van der Waals surface area (Å²) < 4.78 is 26.0. The van der Waals surface area contributed by atoms with Gasteiger partial charge in [0, 0.05) is 6.42 Å². The zero-order valence-corrected chi connectivity index (χ0v) is 7.37. The zero-order valence-electron chi connectivity index (χ0n) is 7.37. The fourth-order valence-corrected chi connectivity index (χ4v) is 1.64. The van der Waals surface area contributed by atoms with Gasteiger partial charge in [0.1, 0.15) is 0 Å². The summed E-state index contributed by atoms with van der Waals surface area (Å²) in [6.45, 7) is 1.43. The van der Waals surface area contributed by atoms with Crippen LogP contribution in [-0.4, -0.2) is 32.6 Å². The number of hydrogen-bond acceptors (Lipinski definition) is 2. The van der Waals surface area contributed by atoms with Crippen LogP contribution in [0.25, 0.3) is 0 Å². The molecule has 1 unspecified atom stereocenters. The van der Waals surface area contributed by atoms with E-state index in [4.69, 9.17) is 0 Å². The van der Waals surface area contributed by atoms with Crippen LogP contribution in [0.1, 0.15) is 12.8 Å². The van der Waals surface area contributed by atoms with Gasteiger partial charge >= 0.3 is 0 Å². The Hall–Kier alpha value is -0.220. The second-order valence-corrected chi connectivity index (χ2v) is 3.45. The van der Waals surface area contributed by atoms with E-state index >= 15 is 0 Å². The van der Waals surface area contributed by atoms with Crippen molar-refractivity contribution in [2.45, 2.75) is 18.8 Å². The topological polar surface area (TPSA) is 24.1 Å². The van der Waals surface area contributed by atoms with Crippen LogP contribution in [0, 0.1) is 5.92 Å². The van der Waals surface area contributed by atoms with Crippen molar-refractivity contribution in [3.05, 3.63) is 0 Å². The van der Waals surface area contributed by atoms with Gasteiger partial charge in [-0.15, -0.1) is 0 Å². The third-order valence-electron chi connectivity index (χ3n) is 2.19. The lowest BCUT2D eigenvalue weighted by Gasteiger charge is -2.18. The molecule has 2 N–H and O–H groups in total. The first-order valence-corrected chi connectivity index (χ1v) is 4.37. The van der Waals surface area contributed by atoms with E-state index < -0.39 is 5.92 Å². The molecule has 1 saturated heterocycles. The third-order valence-corrected chi connectivity index (χ3v) is 2.19. The first-order chi connectivity index (χ1) is 5.64. The SMILES string of the molecule is CNCC(F)(F)CC1CCNC1. The van der Waals surface area contributed by atoms with Gasteiger partial charge in [-0.05, 0) is 32.5 Å². The van der Waals surface area contributed by atoms with Crippen LogP contribution >= 0.6 is 0 Å². The highest BCUT2D eigenvalue weighted by atomic mass is 19.3. The van der Waals surface area contributed by atoms with Gasteiger partial charge in [-0.3, -0.25) is 0 Å². The number of nitrogens with one attached hydrogen (secondary N) is 2. The van der Waals surface area contributed by atoms with E-state index in [0.717, 1.165) is 19.5 Å². The molecule has 4 heteroatoms. The quantitative estimate of drug-likeness (QED) is 0.666. The summed E-state index contributed by atoms with van der Waals surface area (Å²) in [5.74, 6) is -2.38. The fourth-order valence-electron chi connectivity index (χ4n) is 1.64. The molecule has 2 nitrogen and oxygen atoms in total. The van der Waals surface area contributed by atoms with Gasteiger partial charge in [0.25, 0.3) is 5.92 Å². The lowest BCUT2D eigenvalue weighted by molar-refractivity contribution is -0.0177. The molecule has 1 aliphatic rings. The molecule has 72 valence electrons. The van der Waals surface area contributed by atoms with Crippen molar-refractivity contribution in [1.29, 1.82) is 0 Å². The standard InChI is InChI=1S/C8H16F2N2/c1-11-6-8(9,10)4-7-2-3-12-5-7/h7,11-12H,2-6H2,1H3. The molecule has 0 aliphatic carbocycles. The summed E-state index contributed by atoms with van der Waals surface area (Å²) in [5, 5.41) is 5.59. The molecule has 0 aromatic carbocycles. The molecule has 1 rings (SSSR count). The van der Waals surface area contributed by atoms with Crippen molar-refractivity contribution in [1.82, 2.24) is 10.6 Å². The van der Waals surface area contributed by atoms with E-state index in [9.17, 15) is 8.78 Å². The molecular formula is C8H16F2N2. The molecule has 0 radical (unpaired) electrons. The summed E-state index contributed by atoms with van der Waals surface area (Å²) in [6, 6.07) is 0. The molecule has 0 aromatic rings. The second-order valence-electron chi connectivity index (χ2n) is 3.45. The minimum atomic E-state index is -2.54. The summed E-state index contributed by atoms with van der Waals surface area (Å²) in [5.41, 5.74) is 0. The smallest absolute Gasteiger partial charge is 0.260 e. The van der Waals surface area contributed by atoms with Crippen LogP contribution in [0.5, 0.6) is 0 Å². The number of halogens is 2. The van der Waals surface area contributed by atoms with Crippen molar-refractivity contribution in [3.63, 3.8) is 0 Å². The van der Waals surface area contributed by atoms with E-state index in [2.05, 4.69) is 10.6 Å². The van der Waals surface area contributed by atoms with Gasteiger partial charge in [-0.2, -0.15) is 0 Å². The Morgan fingerprint density at radius 2 is 2.33 bits per heavy atom. The average Bonchev–Trinajstić information content (AvgIpc) is 2.38. The highest BCUT2D eigenvalue weighted by molar-refractivity contribution is 4.79. The molecule has 1 heterocycles.